The van der Waals surface area contributed by atoms with E-state index in [1.807, 2.05) is 0 Å². The van der Waals surface area contributed by atoms with Crippen molar-refractivity contribution in [3.05, 3.63) is 270 Å². The third kappa shape index (κ3) is 19.6. The molecule has 0 aliphatic carbocycles. The number of ether oxygens (including phenoxy) is 2. The van der Waals surface area contributed by atoms with Gasteiger partial charge in [0.05, 0.1) is 70.1 Å². The topological polar surface area (TPSA) is 110 Å². The number of alkyl halides is 6. The van der Waals surface area contributed by atoms with Gasteiger partial charge in [-0.25, -0.2) is 17.6 Å². The zero-order valence-electron chi connectivity index (χ0n) is 91.5. The van der Waals surface area contributed by atoms with Crippen LogP contribution in [-0.4, -0.2) is 119 Å². The Morgan fingerprint density at radius 2 is 0.896 bits per heavy atom. The molecule has 556 valence electrons. The summed E-state index contributed by atoms with van der Waals surface area (Å²) in [6, 6.07) is 1.45. The van der Waals surface area contributed by atoms with Crippen LogP contribution in [0.25, 0.3) is 44.1 Å². The molecule has 24 heteroatoms. The van der Waals surface area contributed by atoms with Gasteiger partial charge >= 0.3 is 12.4 Å². The van der Waals surface area contributed by atoms with E-state index >= 15 is 18.4 Å². The summed E-state index contributed by atoms with van der Waals surface area (Å²) in [6.45, 7) is -33.6. The van der Waals surface area contributed by atoms with Crippen LogP contribution in [0.15, 0.2) is 201 Å². The lowest BCUT2D eigenvalue weighted by Gasteiger charge is -2.39. The summed E-state index contributed by atoms with van der Waals surface area (Å²) >= 11 is -0.303. The third-order valence-corrected chi connectivity index (χ3v) is 16.9. The Balaban J connectivity index is 0.000000271. The maximum atomic E-state index is 15.8. The van der Waals surface area contributed by atoms with Crippen LogP contribution < -0.4 is 10.9 Å². The number of nitrogens with zero attached hydrogens (tertiary/aromatic N) is 6. The number of rotatable bonds is 24. The number of piperidine rings is 2. The van der Waals surface area contributed by atoms with Crippen LogP contribution in [0, 0.1) is 37.1 Å². The molecule has 0 saturated carbocycles. The average Bonchev–Trinajstić information content (AvgIpc) is 0.660. The first kappa shape index (κ1) is 43.7. The van der Waals surface area contributed by atoms with E-state index in [-0.39, 0.29) is 58.5 Å². The fraction of sp³-hybridized carbons (Fsp3) is 0.317. The lowest BCUT2D eigenvalue weighted by Crippen LogP contribution is -2.48. The molecule has 8 aromatic carbocycles. The summed E-state index contributed by atoms with van der Waals surface area (Å²) in [5.74, 6) is -12.3. The number of thioether (sulfide) groups is 2. The Labute approximate surface area is 667 Å². The molecule has 0 unspecified atom stereocenters. The Morgan fingerprint density at radius 3 is 1.28 bits per heavy atom. The number of fused-ring (bicyclic) bond motifs is 2. The summed E-state index contributed by atoms with van der Waals surface area (Å²) < 4.78 is 479. The van der Waals surface area contributed by atoms with E-state index in [1.54, 1.807) is 0 Å². The Bertz CT molecular complexity index is 6720. The molecule has 2 amide bonds. The Kier molecular flexibility index (Phi) is 14.5. The van der Waals surface area contributed by atoms with Crippen LogP contribution in [0.2, 0.25) is 0 Å². The molecule has 0 atom stereocenters. The molecular weight excluding hydrogens is 1420 g/mol. The lowest BCUT2D eigenvalue weighted by molar-refractivity contribution is -0.138. The lowest BCUT2D eigenvalue weighted by atomic mass is 10.00. The summed E-state index contributed by atoms with van der Waals surface area (Å²) in [5.41, 5.74) is -14.8. The van der Waals surface area contributed by atoms with E-state index in [4.69, 9.17) is 34.1 Å². The smallest absolute Gasteiger partial charge is 0.383 e. The van der Waals surface area contributed by atoms with Crippen molar-refractivity contribution in [3.8, 4) is 22.3 Å². The molecule has 0 N–H and O–H groups in total. The maximum absolute atomic E-state index is 15.8. The van der Waals surface area contributed by atoms with Gasteiger partial charge in [0.1, 0.15) is 13.0 Å². The van der Waals surface area contributed by atoms with Crippen molar-refractivity contribution in [2.75, 3.05) is 66.5 Å². The number of hydrogen-bond donors (Lipinski definition) is 0. The number of likely N-dealkylation sites (tertiary alicyclic amines) is 2. The monoisotopic (exact) mass is 1530 g/mol. The van der Waals surface area contributed by atoms with Gasteiger partial charge in [-0.1, -0.05) is 120 Å². The number of methoxy groups -OCH3 is 2. The van der Waals surface area contributed by atoms with E-state index in [0.29, 0.717) is 24.3 Å². The molecule has 2 saturated heterocycles. The molecule has 12 rings (SSSR count). The van der Waals surface area contributed by atoms with Crippen molar-refractivity contribution in [2.24, 2.45) is 0 Å². The van der Waals surface area contributed by atoms with E-state index in [0.717, 1.165) is 137 Å². The van der Waals surface area contributed by atoms with Crippen molar-refractivity contribution in [3.63, 3.8) is 0 Å². The molecule has 0 bridgehead atoms. The van der Waals surface area contributed by atoms with Gasteiger partial charge in [0, 0.05) is 148 Å². The van der Waals surface area contributed by atoms with Crippen molar-refractivity contribution < 1.29 is 112 Å². The van der Waals surface area contributed by atoms with Crippen molar-refractivity contribution in [2.45, 2.75) is 111 Å². The minimum Gasteiger partial charge on any atom is -0.383 e. The standard InChI is InChI=1S/2C41H40F5N3O3S/c2*1-27-6-15-36-34(22-27)37(50)23-39(53-26-31-4-3-5-35(42)40(31)43)49(36)25-38(51)48(33-16-18-47(19-17-33)20-21-52-2)24-28-7-9-29(10-8-28)30-11-13-32(14-12-30)41(44,45)46/h2*3-15,22-23,33H,16-21,24-26H2,1-2H3/i6D,15D,16D2,17D2,18D2,19D2,22D,23D,24D2,25D2,26D2,33D;6D,15D,16D2,17D2,18D2,19D2,22D,23D,24D2,25D2,33D. The maximum Gasteiger partial charge on any atom is 0.416 e. The summed E-state index contributed by atoms with van der Waals surface area (Å²) in [5, 5.41) is -4.54. The molecule has 0 radical (unpaired) electrons. The highest BCUT2D eigenvalue weighted by molar-refractivity contribution is 7.98. The number of hydrogen-bond acceptors (Lipinski definition) is 10. The number of carbonyl (C=O) groups is 2. The first-order chi connectivity index (χ1) is 64.8. The van der Waals surface area contributed by atoms with Crippen molar-refractivity contribution in [1.29, 1.82) is 0 Å². The fourth-order valence-corrected chi connectivity index (χ4v) is 11.4. The average molecular weight is 1540 g/mol. The number of halogens is 10. The van der Waals surface area contributed by atoms with E-state index in [2.05, 4.69) is 0 Å². The molecule has 2 aliphatic rings. The van der Waals surface area contributed by atoms with Gasteiger partial charge in [-0.2, -0.15) is 26.3 Å². The van der Waals surface area contributed by atoms with Crippen LogP contribution in [0.4, 0.5) is 43.9 Å². The fourth-order valence-electron chi connectivity index (χ4n) is 9.72. The number of benzene rings is 8. The highest BCUT2D eigenvalue weighted by Gasteiger charge is 2.34. The van der Waals surface area contributed by atoms with Crippen molar-refractivity contribution >= 4 is 57.1 Å². The second-order valence-electron chi connectivity index (χ2n) is 22.4. The van der Waals surface area contributed by atoms with E-state index in [9.17, 15) is 69.4 Å². The Hall–Kier alpha value is -9.04. The second kappa shape index (κ2) is 35.1. The minimum absolute atomic E-state index is 0.00413. The molecule has 106 heavy (non-hydrogen) atoms. The molecule has 0 spiro atoms. The van der Waals surface area contributed by atoms with Crippen LogP contribution in [-0.2, 0) is 68.9 Å². The van der Waals surface area contributed by atoms with Gasteiger partial charge in [-0.3, -0.25) is 19.2 Å². The van der Waals surface area contributed by atoms with Gasteiger partial charge in [0.25, 0.3) is 0 Å². The summed E-state index contributed by atoms with van der Waals surface area (Å²) in [6.07, 6.45) is -27.0. The quantitative estimate of drug-likeness (QED) is 0.0428. The minimum atomic E-state index is -4.74. The van der Waals surface area contributed by atoms with Gasteiger partial charge in [-0.15, -0.1) is 23.5 Å². The second-order valence-corrected chi connectivity index (χ2v) is 24.2. The van der Waals surface area contributed by atoms with Crippen molar-refractivity contribution in [1.82, 2.24) is 28.7 Å². The molecule has 4 heterocycles. The van der Waals surface area contributed by atoms with Gasteiger partial charge in [0.2, 0.25) is 11.8 Å². The Morgan fingerprint density at radius 1 is 0.528 bits per heavy atom. The molecule has 2 fully saturated rings. The first-order valence-corrected chi connectivity index (χ1v) is 32.9. The van der Waals surface area contributed by atoms with Crippen LogP contribution >= 0.6 is 23.5 Å². The van der Waals surface area contributed by atoms with Crippen LogP contribution in [0.1, 0.15) is 119 Å². The van der Waals surface area contributed by atoms with Crippen LogP contribution in [0.3, 0.4) is 0 Å². The SMILES string of the molecule is [2H]c1c(C)c([2H])c2c(=O)c([2H])c(SC([2H])([2H])c3cccc(F)c3F)n(C([2H])([2H])C(=O)N(C([2H])([2H])c3ccc(-c4ccc(C(F)(F)F)cc4)cc3)C3([2H])C([2H])([2H])C([2H])([2H])N(CCOC)C([2H])([2H])C3([2H])[2H])c2c1[2H].[2H]c1c(C)c([2H])c2c(=O)c([2H])c(SCc3cccc(F)c3F)n(C([2H])([2H])C(=O)N(C([2H])([2H])c3ccc(-c4ccc(C(F)(F)F)cc4)cc3)C3([2H])C([2H])([2H])C([2H])([2H])N(CCOC)C([2H])([2H])C3([2H])[2H])c2c1[2H]. The molecule has 12 nitrogen and oxygen atoms in total. The molecular formula is C82H80F10N6O6S2. The summed E-state index contributed by atoms with van der Waals surface area (Å²) in [4.78, 5) is 58.0. The normalized spacial score (nSPS) is 24.2. The first-order valence-electron chi connectivity index (χ1n) is 49.1. The summed E-state index contributed by atoms with van der Waals surface area (Å²) in [7, 11) is 2.16. The van der Waals surface area contributed by atoms with Gasteiger partial charge < -0.3 is 38.2 Å². The predicted molar refractivity (Wildman–Crippen MR) is 395 cm³/mol. The predicted octanol–water partition coefficient (Wildman–Crippen LogP) is 17.4. The zero-order chi connectivity index (χ0) is 108. The number of carbonyl (C=O) groups excluding carboxylic acids is 2. The van der Waals surface area contributed by atoms with Crippen LogP contribution in [0.5, 0.6) is 0 Å². The van der Waals surface area contributed by atoms with E-state index < -0.39 is 326 Å². The highest BCUT2D eigenvalue weighted by atomic mass is 32.2. The number of aromatic nitrogens is 2. The molecule has 2 aromatic heterocycles. The molecule has 2 aliphatic heterocycles. The molecule has 10 aromatic rings. The third-order valence-electron chi connectivity index (χ3n) is 15.1. The number of amides is 2. The van der Waals surface area contributed by atoms with Gasteiger partial charge in [-0.05, 0) is 133 Å². The van der Waals surface area contributed by atoms with E-state index in [1.165, 1.54) is 0 Å². The number of pyridine rings is 2. The van der Waals surface area contributed by atoms with Gasteiger partial charge in [0.15, 0.2) is 34.1 Å². The largest absolute Gasteiger partial charge is 0.416 e. The zero-order valence-corrected chi connectivity index (χ0v) is 57.1. The highest BCUT2D eigenvalue weighted by Crippen LogP contribution is 2.36.